The van der Waals surface area contributed by atoms with Gasteiger partial charge in [0, 0.05) is 23.7 Å². The van der Waals surface area contributed by atoms with Crippen LogP contribution in [0.1, 0.15) is 38.4 Å². The number of nitriles is 1. The number of hydrogen-bond acceptors (Lipinski definition) is 5. The topological polar surface area (TPSA) is 109 Å². The van der Waals surface area contributed by atoms with Crippen molar-refractivity contribution in [3.05, 3.63) is 56.8 Å². The fraction of sp³-hybridized carbons (Fsp3) is 0.333. The molecule has 1 heterocycles. The number of rotatable bonds is 5. The number of furan rings is 1. The SMILES string of the molecule is CC1CCCCC1NC(=O)/C(C#N)=C/c1ccc(-c2ccc(Cl)c([N+](=O)[O-])c2)o1. The summed E-state index contributed by atoms with van der Waals surface area (Å²) in [7, 11) is 0. The van der Waals surface area contributed by atoms with Crippen molar-refractivity contribution >= 4 is 29.3 Å². The van der Waals surface area contributed by atoms with Gasteiger partial charge in [-0.3, -0.25) is 14.9 Å². The van der Waals surface area contributed by atoms with Crippen molar-refractivity contribution in [3.8, 4) is 17.4 Å². The molecule has 2 aromatic rings. The van der Waals surface area contributed by atoms with E-state index >= 15 is 0 Å². The summed E-state index contributed by atoms with van der Waals surface area (Å²) in [6.07, 6.45) is 5.57. The van der Waals surface area contributed by atoms with Gasteiger partial charge in [0.2, 0.25) is 0 Å². The predicted octanol–water partition coefficient (Wildman–Crippen LogP) is 5.11. The Morgan fingerprint density at radius 3 is 2.79 bits per heavy atom. The van der Waals surface area contributed by atoms with E-state index in [-0.39, 0.29) is 22.3 Å². The van der Waals surface area contributed by atoms with Crippen LogP contribution in [0.2, 0.25) is 5.02 Å². The van der Waals surface area contributed by atoms with Crippen LogP contribution in [0, 0.1) is 27.4 Å². The fourth-order valence-corrected chi connectivity index (χ4v) is 3.65. The summed E-state index contributed by atoms with van der Waals surface area (Å²) in [5.41, 5.74) is 0.196. The summed E-state index contributed by atoms with van der Waals surface area (Å²) in [4.78, 5) is 23.0. The Bertz CT molecular complexity index is 1010. The zero-order valence-electron chi connectivity index (χ0n) is 15.9. The van der Waals surface area contributed by atoms with Crippen LogP contribution in [0.25, 0.3) is 17.4 Å². The summed E-state index contributed by atoms with van der Waals surface area (Å²) in [6, 6.07) is 9.54. The molecule has 1 aromatic heterocycles. The minimum absolute atomic E-state index is 0.0332. The van der Waals surface area contributed by atoms with Crippen molar-refractivity contribution in [2.45, 2.75) is 38.6 Å². The molecule has 1 aliphatic carbocycles. The minimum atomic E-state index is -0.569. The van der Waals surface area contributed by atoms with E-state index < -0.39 is 10.8 Å². The molecule has 0 spiro atoms. The zero-order valence-corrected chi connectivity index (χ0v) is 16.6. The smallest absolute Gasteiger partial charge is 0.288 e. The van der Waals surface area contributed by atoms with E-state index in [9.17, 15) is 20.2 Å². The van der Waals surface area contributed by atoms with Gasteiger partial charge in [-0.1, -0.05) is 31.4 Å². The molecule has 1 amide bonds. The number of nitro groups is 1. The summed E-state index contributed by atoms with van der Waals surface area (Å²) in [5.74, 6) is 0.630. The Morgan fingerprint density at radius 2 is 2.10 bits per heavy atom. The van der Waals surface area contributed by atoms with Gasteiger partial charge in [-0.15, -0.1) is 0 Å². The molecular formula is C21H20ClN3O4. The van der Waals surface area contributed by atoms with E-state index in [1.807, 2.05) is 6.07 Å². The summed E-state index contributed by atoms with van der Waals surface area (Å²) in [5, 5.41) is 23.4. The van der Waals surface area contributed by atoms with E-state index in [1.54, 1.807) is 18.2 Å². The lowest BCUT2D eigenvalue weighted by Gasteiger charge is -2.29. The Morgan fingerprint density at radius 1 is 1.34 bits per heavy atom. The Balaban J connectivity index is 1.79. The maximum atomic E-state index is 12.5. The first kappa shape index (κ1) is 20.6. The molecule has 3 rings (SSSR count). The van der Waals surface area contributed by atoms with Gasteiger partial charge in [-0.05, 0) is 43.0 Å². The number of nitrogens with one attached hydrogen (secondary N) is 1. The second kappa shape index (κ2) is 8.93. The van der Waals surface area contributed by atoms with Gasteiger partial charge in [-0.2, -0.15) is 5.26 Å². The number of nitrogens with zero attached hydrogens (tertiary/aromatic N) is 2. The monoisotopic (exact) mass is 413 g/mol. The molecule has 0 saturated heterocycles. The molecule has 7 nitrogen and oxygen atoms in total. The molecule has 1 aromatic carbocycles. The normalized spacial score (nSPS) is 19.4. The number of nitro benzene ring substituents is 1. The molecule has 1 fully saturated rings. The quantitative estimate of drug-likeness (QED) is 0.317. The van der Waals surface area contributed by atoms with E-state index in [0.29, 0.717) is 23.0 Å². The van der Waals surface area contributed by atoms with E-state index in [2.05, 4.69) is 12.2 Å². The first-order valence-corrected chi connectivity index (χ1v) is 9.73. The van der Waals surface area contributed by atoms with Gasteiger partial charge in [0.1, 0.15) is 28.2 Å². The van der Waals surface area contributed by atoms with Crippen LogP contribution in [-0.2, 0) is 4.79 Å². The molecular weight excluding hydrogens is 394 g/mol. The van der Waals surface area contributed by atoms with Gasteiger partial charge >= 0.3 is 0 Å². The van der Waals surface area contributed by atoms with E-state index in [4.69, 9.17) is 16.0 Å². The van der Waals surface area contributed by atoms with Gasteiger partial charge in [-0.25, -0.2) is 0 Å². The van der Waals surface area contributed by atoms with Crippen LogP contribution < -0.4 is 5.32 Å². The van der Waals surface area contributed by atoms with Gasteiger partial charge < -0.3 is 9.73 Å². The number of carbonyl (C=O) groups is 1. The Kier molecular flexibility index (Phi) is 6.35. The Labute approximate surface area is 173 Å². The van der Waals surface area contributed by atoms with Crippen molar-refractivity contribution in [2.75, 3.05) is 0 Å². The molecule has 150 valence electrons. The van der Waals surface area contributed by atoms with E-state index in [0.717, 1.165) is 25.7 Å². The highest BCUT2D eigenvalue weighted by molar-refractivity contribution is 6.32. The standard InChI is InChI=1S/C21H20ClN3O4/c1-13-4-2-3-5-18(13)24-21(26)15(12-23)10-16-7-9-20(29-16)14-6-8-17(22)19(11-14)25(27)28/h6-11,13,18H,2-5H2,1H3,(H,24,26)/b15-10+. The highest BCUT2D eigenvalue weighted by Gasteiger charge is 2.24. The molecule has 29 heavy (non-hydrogen) atoms. The molecule has 8 heteroatoms. The van der Waals surface area contributed by atoms with Crippen molar-refractivity contribution in [1.82, 2.24) is 5.32 Å². The number of benzene rings is 1. The third-order valence-corrected chi connectivity index (χ3v) is 5.45. The maximum absolute atomic E-state index is 12.5. The number of amides is 1. The van der Waals surface area contributed by atoms with Crippen LogP contribution in [0.4, 0.5) is 5.69 Å². The zero-order chi connectivity index (χ0) is 21.0. The van der Waals surface area contributed by atoms with Crippen LogP contribution in [0.5, 0.6) is 0 Å². The minimum Gasteiger partial charge on any atom is -0.457 e. The largest absolute Gasteiger partial charge is 0.457 e. The predicted molar refractivity (Wildman–Crippen MR) is 109 cm³/mol. The Hall–Kier alpha value is -3.11. The van der Waals surface area contributed by atoms with Crippen molar-refractivity contribution < 1.29 is 14.1 Å². The molecule has 2 unspecified atom stereocenters. The molecule has 1 N–H and O–H groups in total. The van der Waals surface area contributed by atoms with Crippen molar-refractivity contribution in [3.63, 3.8) is 0 Å². The summed E-state index contributed by atoms with van der Waals surface area (Å²) < 4.78 is 5.66. The summed E-state index contributed by atoms with van der Waals surface area (Å²) >= 11 is 5.83. The highest BCUT2D eigenvalue weighted by atomic mass is 35.5. The molecule has 1 aliphatic rings. The van der Waals surface area contributed by atoms with Crippen molar-refractivity contribution in [1.29, 1.82) is 5.26 Å². The molecule has 2 atom stereocenters. The van der Waals surface area contributed by atoms with Crippen LogP contribution in [-0.4, -0.2) is 16.9 Å². The molecule has 1 saturated carbocycles. The number of hydrogen-bond donors (Lipinski definition) is 1. The molecule has 0 radical (unpaired) electrons. The van der Waals surface area contributed by atoms with Gasteiger partial charge in [0.05, 0.1) is 4.92 Å². The highest BCUT2D eigenvalue weighted by Crippen LogP contribution is 2.31. The lowest BCUT2D eigenvalue weighted by Crippen LogP contribution is -2.41. The average Bonchev–Trinajstić information content (AvgIpc) is 3.16. The second-order valence-corrected chi connectivity index (χ2v) is 7.54. The van der Waals surface area contributed by atoms with Crippen molar-refractivity contribution in [2.24, 2.45) is 5.92 Å². The molecule has 0 bridgehead atoms. The molecule has 0 aliphatic heterocycles. The van der Waals surface area contributed by atoms with Crippen LogP contribution >= 0.6 is 11.6 Å². The van der Waals surface area contributed by atoms with Gasteiger partial charge in [0.25, 0.3) is 11.6 Å². The number of halogens is 1. The lowest BCUT2D eigenvalue weighted by molar-refractivity contribution is -0.384. The maximum Gasteiger partial charge on any atom is 0.288 e. The van der Waals surface area contributed by atoms with Crippen LogP contribution in [0.3, 0.4) is 0 Å². The summed E-state index contributed by atoms with van der Waals surface area (Å²) in [6.45, 7) is 2.10. The third kappa shape index (κ3) is 4.84. The second-order valence-electron chi connectivity index (χ2n) is 7.14. The number of carbonyl (C=O) groups excluding carboxylic acids is 1. The van der Waals surface area contributed by atoms with Crippen LogP contribution in [0.15, 0.2) is 40.3 Å². The fourth-order valence-electron chi connectivity index (χ4n) is 3.46. The first-order valence-electron chi connectivity index (χ1n) is 9.36. The van der Waals surface area contributed by atoms with E-state index in [1.165, 1.54) is 18.2 Å². The first-order chi connectivity index (χ1) is 13.9. The van der Waals surface area contributed by atoms with Gasteiger partial charge in [0.15, 0.2) is 0 Å². The third-order valence-electron chi connectivity index (χ3n) is 5.13. The average molecular weight is 414 g/mol. The lowest BCUT2D eigenvalue weighted by atomic mass is 9.86.